The fourth-order valence-corrected chi connectivity index (χ4v) is 9.57. The minimum absolute atomic E-state index is 0.0127. The molecule has 96 heavy (non-hydrogen) atoms. The van der Waals surface area contributed by atoms with Gasteiger partial charge in [-0.05, 0) is 214 Å². The van der Waals surface area contributed by atoms with Crippen molar-refractivity contribution in [2.45, 2.75) is 41.5 Å². The summed E-state index contributed by atoms with van der Waals surface area (Å²) in [7, 11) is 0. The lowest BCUT2D eigenvalue weighted by atomic mass is 9.87. The Kier molecular flexibility index (Phi) is 19.4. The Morgan fingerprint density at radius 2 is 0.260 bits per heavy atom. The van der Waals surface area contributed by atoms with E-state index in [9.17, 15) is 57.5 Å². The first-order chi connectivity index (χ1) is 45.9. The third-order valence-corrected chi connectivity index (χ3v) is 13.4. The average Bonchev–Trinajstić information content (AvgIpc) is 0.718. The summed E-state index contributed by atoms with van der Waals surface area (Å²) in [6.45, 7) is 7.09. The minimum atomic E-state index is -1.19. The number of rotatable bonds is 18. The fraction of sp³-hybridized carbons (Fsp3) is 0.0833. The highest BCUT2D eigenvalue weighted by Crippen LogP contribution is 2.41. The van der Waals surface area contributed by atoms with Crippen LogP contribution in [0.5, 0.6) is 69.0 Å². The van der Waals surface area contributed by atoms with Crippen LogP contribution in [0.25, 0.3) is 32.3 Å². The van der Waals surface area contributed by atoms with Crippen molar-refractivity contribution in [1.82, 2.24) is 0 Å². The fourth-order valence-electron chi connectivity index (χ4n) is 9.57. The summed E-state index contributed by atoms with van der Waals surface area (Å²) in [6, 6.07) is 38.9. The molecule has 10 rings (SSSR count). The van der Waals surface area contributed by atoms with Gasteiger partial charge in [-0.15, -0.1) is 0 Å². The molecule has 0 bridgehead atoms. The highest BCUT2D eigenvalue weighted by atomic mass is 16.6. The molecule has 0 aromatic heterocycles. The molecule has 0 saturated carbocycles. The first-order valence-electron chi connectivity index (χ1n) is 28.5. The molecule has 0 fully saturated rings. The lowest BCUT2D eigenvalue weighted by molar-refractivity contribution is -0.132. The molecule has 24 nitrogen and oxygen atoms in total. The zero-order valence-corrected chi connectivity index (χ0v) is 51.1. The maximum atomic E-state index is 14.9. The molecule has 0 N–H and O–H groups in total. The van der Waals surface area contributed by atoms with Gasteiger partial charge >= 0.3 is 71.6 Å². The number of esters is 12. The van der Waals surface area contributed by atoms with Crippen LogP contribution in [0.4, 0.5) is 0 Å². The molecule has 0 amide bonds. The summed E-state index contributed by atoms with van der Waals surface area (Å²) in [5.41, 5.74) is -2.98. The van der Waals surface area contributed by atoms with Crippen LogP contribution in [0.1, 0.15) is 104 Å². The standard InChI is InChI=1S/C72H48O24/c1-37(73)85-43-7-19-49(20-8-43)91-67(79)61-31-55-56(32-62(61)68(80)92-50-21-9-44(10-22-50)86-38(2)74)58-34-64(70(82)94-52-25-13-46(14-26-52)88-40(4)76)66(72(84)96-54-29-17-48(18-30-54)90-42(6)78)36-60(58)59-35-65(71(83)95-53-27-15-47(16-28-53)89-41(5)77)63(33-57(55)59)69(81)93-51-23-11-45(12-24-51)87-39(3)75/h7-36H,1-6H3. The molecule has 0 aliphatic carbocycles. The first-order valence-corrected chi connectivity index (χ1v) is 28.5. The summed E-state index contributed by atoms with van der Waals surface area (Å²) < 4.78 is 66.1. The van der Waals surface area contributed by atoms with Crippen molar-refractivity contribution >= 4 is 104 Å². The van der Waals surface area contributed by atoms with Gasteiger partial charge < -0.3 is 56.8 Å². The Morgan fingerprint density at radius 3 is 0.354 bits per heavy atom. The van der Waals surface area contributed by atoms with E-state index in [1.807, 2.05) is 0 Å². The van der Waals surface area contributed by atoms with Crippen LogP contribution in [0.2, 0.25) is 0 Å². The summed E-state index contributed by atoms with van der Waals surface area (Å²) in [5, 5.41) is -0.0762. The maximum absolute atomic E-state index is 14.9. The van der Waals surface area contributed by atoms with Crippen LogP contribution in [-0.2, 0) is 28.8 Å². The van der Waals surface area contributed by atoms with Gasteiger partial charge in [-0.2, -0.15) is 0 Å². The van der Waals surface area contributed by atoms with Gasteiger partial charge in [0.05, 0.1) is 33.4 Å². The highest BCUT2D eigenvalue weighted by molar-refractivity contribution is 6.30. The van der Waals surface area contributed by atoms with E-state index in [1.165, 1.54) is 224 Å². The van der Waals surface area contributed by atoms with Crippen LogP contribution in [0.15, 0.2) is 182 Å². The molecule has 0 aliphatic heterocycles. The zero-order valence-electron chi connectivity index (χ0n) is 51.1. The molecule has 0 atom stereocenters. The number of hydrogen-bond acceptors (Lipinski definition) is 24. The Bertz CT molecular complexity index is 4020. The number of hydrogen-bond donors (Lipinski definition) is 0. The Labute approximate surface area is 542 Å². The average molecular weight is 1300 g/mol. The molecule has 0 unspecified atom stereocenters. The lowest BCUT2D eigenvalue weighted by Gasteiger charge is -2.19. The van der Waals surface area contributed by atoms with Crippen LogP contribution >= 0.6 is 0 Å². The Hall–Kier alpha value is -13.4. The lowest BCUT2D eigenvalue weighted by Crippen LogP contribution is -2.19. The smallest absolute Gasteiger partial charge is 0.344 e. The second-order valence-electron chi connectivity index (χ2n) is 20.6. The Balaban J connectivity index is 1.26. The normalized spacial score (nSPS) is 10.7. The van der Waals surface area contributed by atoms with Gasteiger partial charge in [0, 0.05) is 41.5 Å². The van der Waals surface area contributed by atoms with Crippen molar-refractivity contribution in [3.8, 4) is 69.0 Å². The topological polar surface area (TPSA) is 316 Å². The summed E-state index contributed by atoms with van der Waals surface area (Å²) in [4.78, 5) is 160. The van der Waals surface area contributed by atoms with E-state index in [-0.39, 0.29) is 101 Å². The predicted octanol–water partition coefficient (Wildman–Crippen LogP) is 12.0. The van der Waals surface area contributed by atoms with Crippen molar-refractivity contribution in [1.29, 1.82) is 0 Å². The summed E-state index contributed by atoms with van der Waals surface area (Å²) in [5.74, 6) is -11.1. The summed E-state index contributed by atoms with van der Waals surface area (Å²) >= 11 is 0. The van der Waals surface area contributed by atoms with E-state index >= 15 is 0 Å². The molecule has 0 radical (unpaired) electrons. The van der Waals surface area contributed by atoms with Gasteiger partial charge in [0.1, 0.15) is 69.0 Å². The molecule has 0 heterocycles. The van der Waals surface area contributed by atoms with Gasteiger partial charge in [0.15, 0.2) is 0 Å². The second kappa shape index (κ2) is 28.4. The molecule has 10 aromatic carbocycles. The molecule has 480 valence electrons. The van der Waals surface area contributed by atoms with E-state index in [1.54, 1.807) is 0 Å². The van der Waals surface area contributed by atoms with E-state index < -0.39 is 105 Å². The number of carbonyl (C=O) groups is 12. The molecule has 0 saturated heterocycles. The zero-order chi connectivity index (χ0) is 68.5. The van der Waals surface area contributed by atoms with Gasteiger partial charge in [-0.1, -0.05) is 0 Å². The largest absolute Gasteiger partial charge is 0.427 e. The third-order valence-electron chi connectivity index (χ3n) is 13.4. The van der Waals surface area contributed by atoms with E-state index in [0.717, 1.165) is 0 Å². The summed E-state index contributed by atoms with van der Waals surface area (Å²) in [6.07, 6.45) is 0. The maximum Gasteiger partial charge on any atom is 0.344 e. The number of fused-ring (bicyclic) bond motifs is 6. The first kappa shape index (κ1) is 65.6. The minimum Gasteiger partial charge on any atom is -0.427 e. The molecule has 24 heteroatoms. The second-order valence-corrected chi connectivity index (χ2v) is 20.6. The van der Waals surface area contributed by atoms with Crippen molar-refractivity contribution in [3.63, 3.8) is 0 Å². The monoisotopic (exact) mass is 1300 g/mol. The van der Waals surface area contributed by atoms with Gasteiger partial charge in [0.2, 0.25) is 0 Å². The van der Waals surface area contributed by atoms with Crippen molar-refractivity contribution < 1.29 is 114 Å². The van der Waals surface area contributed by atoms with E-state index in [0.29, 0.717) is 0 Å². The Morgan fingerprint density at radius 1 is 0.167 bits per heavy atom. The molecule has 0 aliphatic rings. The molecular weight excluding hydrogens is 1250 g/mol. The van der Waals surface area contributed by atoms with Crippen LogP contribution < -0.4 is 56.8 Å². The van der Waals surface area contributed by atoms with E-state index in [4.69, 9.17) is 56.8 Å². The van der Waals surface area contributed by atoms with Crippen molar-refractivity contribution in [3.05, 3.63) is 215 Å². The van der Waals surface area contributed by atoms with Crippen LogP contribution in [-0.4, -0.2) is 71.6 Å². The number of carbonyl (C=O) groups excluding carboxylic acids is 12. The predicted molar refractivity (Wildman–Crippen MR) is 335 cm³/mol. The van der Waals surface area contributed by atoms with E-state index in [2.05, 4.69) is 0 Å². The van der Waals surface area contributed by atoms with Gasteiger partial charge in [0.25, 0.3) is 0 Å². The van der Waals surface area contributed by atoms with Crippen LogP contribution in [0.3, 0.4) is 0 Å². The SMILES string of the molecule is CC(=O)Oc1ccc(OC(=O)c2cc3c4cc(C(=O)Oc5ccc(OC(C)=O)cc5)c(C(=O)Oc5ccc(OC(C)=O)cc5)cc4c4cc(C(=O)Oc5ccc(OC(C)=O)cc5)c(C(=O)Oc5ccc(OC(C)=O)cc5)cc4c3cc2C(=O)Oc2ccc(OC(C)=O)cc2)cc1. The van der Waals surface area contributed by atoms with Gasteiger partial charge in [-0.3, -0.25) is 28.8 Å². The third kappa shape index (κ3) is 16.0. The number of benzene rings is 10. The molecule has 10 aromatic rings. The van der Waals surface area contributed by atoms with Crippen LogP contribution in [0, 0.1) is 0 Å². The molecule has 0 spiro atoms. The number of ether oxygens (including phenoxy) is 12. The van der Waals surface area contributed by atoms with Crippen molar-refractivity contribution in [2.24, 2.45) is 0 Å². The van der Waals surface area contributed by atoms with Gasteiger partial charge in [-0.25, -0.2) is 28.8 Å². The van der Waals surface area contributed by atoms with Crippen molar-refractivity contribution in [2.75, 3.05) is 0 Å². The quantitative estimate of drug-likeness (QED) is 0.0437. The highest BCUT2D eigenvalue weighted by Gasteiger charge is 2.31. The molecular formula is C72H48O24.